The van der Waals surface area contributed by atoms with Crippen molar-refractivity contribution in [3.8, 4) is 11.8 Å². The number of halogens is 2. The molecule has 1 aromatic rings. The van der Waals surface area contributed by atoms with Crippen LogP contribution in [-0.4, -0.2) is 38.8 Å². The number of benzene rings is 1. The predicted octanol–water partition coefficient (Wildman–Crippen LogP) is 6.63. The number of hydrogen-bond donors (Lipinski definition) is 0. The summed E-state index contributed by atoms with van der Waals surface area (Å²) in [5.74, 6) is 2.20. The Bertz CT molecular complexity index is 1130. The van der Waals surface area contributed by atoms with Crippen LogP contribution >= 0.6 is 11.9 Å². The van der Waals surface area contributed by atoms with Gasteiger partial charge in [0.1, 0.15) is 17.2 Å². The summed E-state index contributed by atoms with van der Waals surface area (Å²) in [6.07, 6.45) is 9.68. The van der Waals surface area contributed by atoms with Gasteiger partial charge >= 0.3 is 12.1 Å². The summed E-state index contributed by atoms with van der Waals surface area (Å²) in [5.41, 5.74) is 0.457. The van der Waals surface area contributed by atoms with Gasteiger partial charge in [0.25, 0.3) is 0 Å². The molecule has 1 fully saturated rings. The Kier molecular flexibility index (Phi) is 9.80. The fraction of sp³-hybridized carbons (Fsp3) is 0.500. The molecular formula is C28H34F2N2O4S. The van der Waals surface area contributed by atoms with Gasteiger partial charge in [-0.1, -0.05) is 36.1 Å². The lowest BCUT2D eigenvalue weighted by Crippen LogP contribution is -2.40. The van der Waals surface area contributed by atoms with Crippen molar-refractivity contribution in [3.05, 3.63) is 58.7 Å². The van der Waals surface area contributed by atoms with Crippen molar-refractivity contribution in [1.29, 1.82) is 0 Å². The van der Waals surface area contributed by atoms with Crippen LogP contribution in [0.3, 0.4) is 0 Å². The summed E-state index contributed by atoms with van der Waals surface area (Å²) < 4.78 is 37.9. The highest BCUT2D eigenvalue weighted by Gasteiger charge is 2.33. The third-order valence-electron chi connectivity index (χ3n) is 5.84. The lowest BCUT2D eigenvalue weighted by atomic mass is 10.0. The van der Waals surface area contributed by atoms with E-state index >= 15 is 8.78 Å². The van der Waals surface area contributed by atoms with Gasteiger partial charge in [0.15, 0.2) is 0 Å². The molecule has 0 bridgehead atoms. The van der Waals surface area contributed by atoms with Crippen molar-refractivity contribution in [3.63, 3.8) is 0 Å². The second-order valence-corrected chi connectivity index (χ2v) is 11.3. The Morgan fingerprint density at radius 2 is 2.00 bits per heavy atom. The van der Waals surface area contributed by atoms with Gasteiger partial charge in [-0.2, -0.15) is 0 Å². The van der Waals surface area contributed by atoms with Crippen LogP contribution in [0, 0.1) is 23.5 Å². The molecule has 1 aliphatic heterocycles. The summed E-state index contributed by atoms with van der Waals surface area (Å²) >= 11 is 1.67. The van der Waals surface area contributed by atoms with E-state index in [2.05, 4.69) is 34.4 Å². The molecule has 9 heteroatoms. The van der Waals surface area contributed by atoms with Gasteiger partial charge in [0, 0.05) is 35.4 Å². The highest BCUT2D eigenvalue weighted by molar-refractivity contribution is 7.97. The lowest BCUT2D eigenvalue weighted by Gasteiger charge is -2.33. The van der Waals surface area contributed by atoms with Crippen molar-refractivity contribution < 1.29 is 27.9 Å². The van der Waals surface area contributed by atoms with E-state index in [4.69, 9.17) is 9.57 Å². The van der Waals surface area contributed by atoms with Crippen molar-refractivity contribution >= 4 is 24.0 Å². The van der Waals surface area contributed by atoms with Crippen molar-refractivity contribution in [2.75, 3.05) is 6.54 Å². The van der Waals surface area contributed by atoms with Crippen molar-refractivity contribution in [1.82, 2.24) is 9.37 Å². The van der Waals surface area contributed by atoms with Gasteiger partial charge in [-0.25, -0.2) is 22.7 Å². The maximum Gasteiger partial charge on any atom is 0.444 e. The molecule has 0 aromatic heterocycles. The van der Waals surface area contributed by atoms with E-state index in [1.807, 2.05) is 0 Å². The number of rotatable bonds is 5. The number of hydroxylamine groups is 2. The van der Waals surface area contributed by atoms with Gasteiger partial charge in [-0.05, 0) is 78.0 Å². The van der Waals surface area contributed by atoms with Crippen LogP contribution in [0.25, 0.3) is 0 Å². The maximum atomic E-state index is 15.3. The number of allylic oxidation sites excluding steroid dienone is 3. The highest BCUT2D eigenvalue weighted by atomic mass is 32.2. The molecule has 2 aliphatic rings. The standard InChI is InChI=1S/C28H34F2N2O4S/c1-6-11-26(33)36-32(27(34)35-28(3,4)5)19(2)22-17-23(29)21(16-24(22)30)18-31-15-10-14-25(37-31)20-12-8-7-9-13-20/h8,12-13,16-17,19,25H,7,9-10,14-15,18H2,1-5H3. The SMILES string of the molecule is CC#CC(=O)ON(C(=O)OC(C)(C)C)C(C)c1cc(F)c(CN2CCCC(C3=CCCC=C3)S2)cc1F. The number of hydrogen-bond acceptors (Lipinski definition) is 6. The molecule has 37 heavy (non-hydrogen) atoms. The van der Waals surface area contributed by atoms with Crippen LogP contribution in [0.5, 0.6) is 0 Å². The molecule has 0 N–H and O–H groups in total. The Hall–Kier alpha value is -2.83. The van der Waals surface area contributed by atoms with E-state index in [1.54, 1.807) is 32.7 Å². The van der Waals surface area contributed by atoms with E-state index in [-0.39, 0.29) is 17.7 Å². The highest BCUT2D eigenvalue weighted by Crippen LogP contribution is 2.36. The van der Waals surface area contributed by atoms with Gasteiger partial charge in [0.05, 0.1) is 6.04 Å². The van der Waals surface area contributed by atoms with Gasteiger partial charge in [0.2, 0.25) is 0 Å². The van der Waals surface area contributed by atoms with Gasteiger partial charge in [-0.15, -0.1) is 5.06 Å². The van der Waals surface area contributed by atoms with E-state index in [9.17, 15) is 9.59 Å². The zero-order chi connectivity index (χ0) is 27.2. The summed E-state index contributed by atoms with van der Waals surface area (Å²) in [6, 6.07) is 1.02. The molecule has 0 spiro atoms. The Morgan fingerprint density at radius 1 is 1.24 bits per heavy atom. The molecule has 1 aliphatic carbocycles. The van der Waals surface area contributed by atoms with Crippen LogP contribution in [0.1, 0.15) is 77.5 Å². The third-order valence-corrected chi connectivity index (χ3v) is 7.21. The molecule has 1 saturated heterocycles. The smallest absolute Gasteiger partial charge is 0.442 e. The fourth-order valence-corrected chi connectivity index (χ4v) is 5.49. The molecule has 1 amide bonds. The number of amides is 1. The van der Waals surface area contributed by atoms with Crippen LogP contribution in [0.4, 0.5) is 13.6 Å². The zero-order valence-electron chi connectivity index (χ0n) is 22.0. The number of nitrogens with zero attached hydrogens (tertiary/aromatic N) is 2. The first-order valence-corrected chi connectivity index (χ1v) is 13.2. The van der Waals surface area contributed by atoms with Gasteiger partial charge < -0.3 is 9.57 Å². The second kappa shape index (κ2) is 12.6. The Balaban J connectivity index is 1.79. The lowest BCUT2D eigenvalue weighted by molar-refractivity contribution is -0.186. The van der Waals surface area contributed by atoms with Crippen LogP contribution in [0.15, 0.2) is 35.9 Å². The summed E-state index contributed by atoms with van der Waals surface area (Å²) in [6.45, 7) is 8.79. The van der Waals surface area contributed by atoms with E-state index in [1.165, 1.54) is 19.4 Å². The molecule has 1 aromatic carbocycles. The van der Waals surface area contributed by atoms with Crippen LogP contribution in [0.2, 0.25) is 0 Å². The van der Waals surface area contributed by atoms with E-state index in [0.717, 1.165) is 44.4 Å². The Morgan fingerprint density at radius 3 is 2.65 bits per heavy atom. The summed E-state index contributed by atoms with van der Waals surface area (Å²) in [7, 11) is 0. The second-order valence-electron chi connectivity index (χ2n) is 9.98. The quantitative estimate of drug-likeness (QED) is 0.241. The third kappa shape index (κ3) is 8.08. The summed E-state index contributed by atoms with van der Waals surface area (Å²) in [4.78, 5) is 29.8. The van der Waals surface area contributed by atoms with E-state index < -0.39 is 35.3 Å². The summed E-state index contributed by atoms with van der Waals surface area (Å²) in [5, 5.41) is 0.896. The van der Waals surface area contributed by atoms with E-state index in [0.29, 0.717) is 10.3 Å². The molecule has 0 saturated carbocycles. The molecule has 6 nitrogen and oxygen atoms in total. The number of carbonyl (C=O) groups excluding carboxylic acids is 2. The predicted molar refractivity (Wildman–Crippen MR) is 140 cm³/mol. The first kappa shape index (κ1) is 28.7. The zero-order valence-corrected chi connectivity index (χ0v) is 22.8. The maximum absolute atomic E-state index is 15.3. The molecule has 2 unspecified atom stereocenters. The topological polar surface area (TPSA) is 59.1 Å². The van der Waals surface area contributed by atoms with Crippen LogP contribution < -0.4 is 0 Å². The fourth-order valence-electron chi connectivity index (χ4n) is 4.11. The normalized spacial score (nSPS) is 18.8. The molecule has 0 radical (unpaired) electrons. The number of carbonyl (C=O) groups is 2. The number of ether oxygens (including phenoxy) is 1. The minimum Gasteiger partial charge on any atom is -0.442 e. The van der Waals surface area contributed by atoms with Crippen LogP contribution in [-0.2, 0) is 20.9 Å². The molecule has 2 atom stereocenters. The Labute approximate surface area is 222 Å². The molecule has 1 heterocycles. The minimum atomic E-state index is -1.17. The molecule has 3 rings (SSSR count). The van der Waals surface area contributed by atoms with Crippen molar-refractivity contribution in [2.24, 2.45) is 0 Å². The monoisotopic (exact) mass is 532 g/mol. The average Bonchev–Trinajstić information content (AvgIpc) is 2.84. The first-order valence-electron chi connectivity index (χ1n) is 12.4. The minimum absolute atomic E-state index is 0.147. The average molecular weight is 533 g/mol. The molecular weight excluding hydrogens is 498 g/mol. The van der Waals surface area contributed by atoms with Gasteiger partial charge in [-0.3, -0.25) is 0 Å². The largest absolute Gasteiger partial charge is 0.444 e. The first-order chi connectivity index (χ1) is 17.5. The molecule has 200 valence electrons. The van der Waals surface area contributed by atoms with Crippen molar-refractivity contribution in [2.45, 2.75) is 83.7 Å².